The summed E-state index contributed by atoms with van der Waals surface area (Å²) in [6.45, 7) is -0.0328. The summed E-state index contributed by atoms with van der Waals surface area (Å²) < 4.78 is 59.5. The van der Waals surface area contributed by atoms with E-state index in [4.69, 9.17) is 16.3 Å². The van der Waals surface area contributed by atoms with Crippen LogP contribution in [-0.4, -0.2) is 16.1 Å². The average Bonchev–Trinajstić information content (AvgIpc) is 3.28. The highest BCUT2D eigenvalue weighted by Gasteiger charge is 2.38. The highest BCUT2D eigenvalue weighted by Crippen LogP contribution is 2.44. The first-order valence-electron chi connectivity index (χ1n) is 10.3. The molecule has 0 bridgehead atoms. The van der Waals surface area contributed by atoms with E-state index in [0.29, 0.717) is 46.7 Å². The van der Waals surface area contributed by atoms with Crippen LogP contribution in [0.1, 0.15) is 52.0 Å². The zero-order chi connectivity index (χ0) is 24.5. The number of carboxylic acids is 1. The summed E-state index contributed by atoms with van der Waals surface area (Å²) in [5.74, 6) is -1.69. The van der Waals surface area contributed by atoms with Gasteiger partial charge in [-0.05, 0) is 66.3 Å². The van der Waals surface area contributed by atoms with Gasteiger partial charge in [-0.2, -0.15) is 13.2 Å². The normalized spacial score (nSPS) is 13.9. The summed E-state index contributed by atoms with van der Waals surface area (Å²) in [4.78, 5) is 14.9. The van der Waals surface area contributed by atoms with Gasteiger partial charge in [-0.1, -0.05) is 29.8 Å². The van der Waals surface area contributed by atoms with Gasteiger partial charge >= 0.3 is 12.1 Å². The third-order valence-electron chi connectivity index (χ3n) is 5.56. The van der Waals surface area contributed by atoms with Gasteiger partial charge in [0.25, 0.3) is 0 Å². The number of allylic oxidation sites excluding steroid dienone is 2. The van der Waals surface area contributed by atoms with Crippen LogP contribution in [0.3, 0.4) is 0 Å². The van der Waals surface area contributed by atoms with Crippen molar-refractivity contribution < 1.29 is 32.2 Å². The van der Waals surface area contributed by atoms with Crippen molar-refractivity contribution in [2.24, 2.45) is 0 Å². The predicted molar refractivity (Wildman–Crippen MR) is 119 cm³/mol. The molecule has 4 nitrogen and oxygen atoms in total. The van der Waals surface area contributed by atoms with E-state index >= 15 is 0 Å². The molecule has 0 fully saturated rings. The van der Waals surface area contributed by atoms with Crippen LogP contribution in [0, 0.1) is 5.82 Å². The van der Waals surface area contributed by atoms with Crippen molar-refractivity contribution in [3.05, 3.63) is 93.5 Å². The van der Waals surface area contributed by atoms with E-state index in [1.54, 1.807) is 36.4 Å². The first-order valence-corrected chi connectivity index (χ1v) is 10.7. The number of hydrogen-bond donors (Lipinski definition) is 1. The van der Waals surface area contributed by atoms with Crippen LogP contribution < -0.4 is 4.74 Å². The Morgan fingerprint density at radius 1 is 1.09 bits per heavy atom. The number of halogens is 5. The summed E-state index contributed by atoms with van der Waals surface area (Å²) in [6, 6.07) is 12.2. The molecule has 3 aromatic rings. The molecule has 1 N–H and O–H groups in total. The molecular formula is C25H18ClF4NO3. The minimum absolute atomic E-state index is 0.0328. The molecule has 4 rings (SSSR count). The Balaban J connectivity index is 1.76. The molecule has 0 amide bonds. The second kappa shape index (κ2) is 9.46. The van der Waals surface area contributed by atoms with Gasteiger partial charge in [0.2, 0.25) is 0 Å². The number of nitrogens with zero attached hydrogens (tertiary/aromatic N) is 1. The average molecular weight is 492 g/mol. The maximum Gasteiger partial charge on any atom is 0.434 e. The number of carboxylic acid groups (broad SMARTS) is 1. The molecule has 0 spiro atoms. The van der Waals surface area contributed by atoms with Gasteiger partial charge in [-0.15, -0.1) is 0 Å². The fourth-order valence-electron chi connectivity index (χ4n) is 4.01. The SMILES string of the molecule is O=C(O)c1cc(C2=C(c3cc(Cl)ccc3OCc3ccccc3F)CCC2)cnc1C(F)(F)F. The molecular weight excluding hydrogens is 474 g/mol. The Labute approximate surface area is 197 Å². The second-order valence-corrected chi connectivity index (χ2v) is 8.19. The summed E-state index contributed by atoms with van der Waals surface area (Å²) in [5, 5.41) is 9.76. The van der Waals surface area contributed by atoms with Crippen molar-refractivity contribution in [3.63, 3.8) is 0 Å². The number of rotatable bonds is 6. The lowest BCUT2D eigenvalue weighted by atomic mass is 9.96. The van der Waals surface area contributed by atoms with Crippen LogP contribution in [0.15, 0.2) is 54.7 Å². The van der Waals surface area contributed by atoms with E-state index in [2.05, 4.69) is 4.98 Å². The van der Waals surface area contributed by atoms with E-state index in [-0.39, 0.29) is 12.2 Å². The van der Waals surface area contributed by atoms with E-state index in [0.717, 1.165) is 17.8 Å². The zero-order valence-corrected chi connectivity index (χ0v) is 18.4. The van der Waals surface area contributed by atoms with Crippen LogP contribution in [0.2, 0.25) is 5.02 Å². The highest BCUT2D eigenvalue weighted by molar-refractivity contribution is 6.30. The lowest BCUT2D eigenvalue weighted by Crippen LogP contribution is -2.15. The van der Waals surface area contributed by atoms with Gasteiger partial charge in [-0.25, -0.2) is 9.18 Å². The molecule has 34 heavy (non-hydrogen) atoms. The first-order chi connectivity index (χ1) is 16.1. The van der Waals surface area contributed by atoms with E-state index in [1.807, 2.05) is 0 Å². The number of hydrogen-bond acceptors (Lipinski definition) is 3. The molecule has 1 heterocycles. The Kier molecular flexibility index (Phi) is 6.61. The van der Waals surface area contributed by atoms with Crippen molar-refractivity contribution in [3.8, 4) is 5.75 Å². The molecule has 0 aliphatic heterocycles. The molecule has 1 aromatic heterocycles. The monoisotopic (exact) mass is 491 g/mol. The number of ether oxygens (including phenoxy) is 1. The lowest BCUT2D eigenvalue weighted by Gasteiger charge is -2.16. The van der Waals surface area contributed by atoms with Crippen molar-refractivity contribution in [1.29, 1.82) is 0 Å². The zero-order valence-electron chi connectivity index (χ0n) is 17.6. The molecule has 0 saturated heterocycles. The molecule has 1 aliphatic rings. The van der Waals surface area contributed by atoms with E-state index in [9.17, 15) is 27.5 Å². The molecule has 176 valence electrons. The van der Waals surface area contributed by atoms with Gasteiger partial charge in [0.15, 0.2) is 5.69 Å². The van der Waals surface area contributed by atoms with Crippen molar-refractivity contribution >= 4 is 28.7 Å². The minimum Gasteiger partial charge on any atom is -0.488 e. The van der Waals surface area contributed by atoms with Gasteiger partial charge < -0.3 is 9.84 Å². The second-order valence-electron chi connectivity index (χ2n) is 7.75. The Hall–Kier alpha value is -3.39. The molecule has 0 unspecified atom stereocenters. The van der Waals surface area contributed by atoms with Crippen LogP contribution in [-0.2, 0) is 12.8 Å². The van der Waals surface area contributed by atoms with Crippen molar-refractivity contribution in [1.82, 2.24) is 4.98 Å². The third-order valence-corrected chi connectivity index (χ3v) is 5.80. The number of pyridine rings is 1. The van der Waals surface area contributed by atoms with Gasteiger partial charge in [0.1, 0.15) is 18.2 Å². The quantitative estimate of drug-likeness (QED) is 0.368. The molecule has 0 radical (unpaired) electrons. The number of alkyl halides is 3. The Morgan fingerprint density at radius 3 is 2.53 bits per heavy atom. The summed E-state index contributed by atoms with van der Waals surface area (Å²) in [5.41, 5.74) is 0.352. The fraction of sp³-hybridized carbons (Fsp3) is 0.200. The molecule has 0 saturated carbocycles. The Morgan fingerprint density at radius 2 is 1.82 bits per heavy atom. The summed E-state index contributed by atoms with van der Waals surface area (Å²) in [7, 11) is 0. The number of carbonyl (C=O) groups is 1. The van der Waals surface area contributed by atoms with Crippen LogP contribution in [0.25, 0.3) is 11.1 Å². The largest absolute Gasteiger partial charge is 0.488 e. The maximum absolute atomic E-state index is 14.0. The highest BCUT2D eigenvalue weighted by atomic mass is 35.5. The number of aromatic carboxylic acids is 1. The van der Waals surface area contributed by atoms with Crippen molar-refractivity contribution in [2.75, 3.05) is 0 Å². The summed E-state index contributed by atoms with van der Waals surface area (Å²) >= 11 is 6.22. The fourth-order valence-corrected chi connectivity index (χ4v) is 4.19. The minimum atomic E-state index is -4.89. The number of aromatic nitrogens is 1. The number of benzene rings is 2. The predicted octanol–water partition coefficient (Wildman–Crippen LogP) is 7.26. The first kappa shape index (κ1) is 23.8. The topological polar surface area (TPSA) is 59.4 Å². The molecule has 9 heteroatoms. The lowest BCUT2D eigenvalue weighted by molar-refractivity contribution is -0.141. The van der Waals surface area contributed by atoms with Crippen LogP contribution >= 0.6 is 11.6 Å². The third kappa shape index (κ3) is 4.92. The van der Waals surface area contributed by atoms with Gasteiger partial charge in [0, 0.05) is 22.3 Å². The smallest absolute Gasteiger partial charge is 0.434 e. The van der Waals surface area contributed by atoms with Gasteiger partial charge in [0.05, 0.1) is 5.56 Å². The standard InChI is InChI=1S/C25H18ClF4NO3/c26-16-8-9-22(34-13-14-4-1-2-7-21(14)27)19(11-16)18-6-3-5-17(18)15-10-20(24(32)33)23(31-12-15)25(28,29)30/h1-2,4,7-12H,3,5-6,13H2,(H,32,33). The molecule has 0 atom stereocenters. The Bertz CT molecular complexity index is 1290. The van der Waals surface area contributed by atoms with E-state index in [1.165, 1.54) is 6.07 Å². The van der Waals surface area contributed by atoms with E-state index < -0.39 is 29.2 Å². The summed E-state index contributed by atoms with van der Waals surface area (Å²) in [6.07, 6.45) is -2.05. The van der Waals surface area contributed by atoms with Crippen LogP contribution in [0.5, 0.6) is 5.75 Å². The van der Waals surface area contributed by atoms with Crippen molar-refractivity contribution in [2.45, 2.75) is 32.0 Å². The van der Waals surface area contributed by atoms with Gasteiger partial charge in [-0.3, -0.25) is 4.98 Å². The molecule has 1 aliphatic carbocycles. The maximum atomic E-state index is 14.0. The molecule has 2 aromatic carbocycles. The van der Waals surface area contributed by atoms with Crippen LogP contribution in [0.4, 0.5) is 17.6 Å².